The van der Waals surface area contributed by atoms with E-state index in [1.807, 2.05) is 31.2 Å². The molecule has 0 aliphatic carbocycles. The van der Waals surface area contributed by atoms with Crippen molar-refractivity contribution >= 4 is 11.8 Å². The molecule has 1 aromatic heterocycles. The number of anilines is 2. The lowest BCUT2D eigenvalue weighted by molar-refractivity contribution is 0.883. The molecular weight excluding hydrogens is 236 g/mol. The fourth-order valence-corrected chi connectivity index (χ4v) is 1.79. The maximum absolute atomic E-state index is 4.46. The first-order valence-electron chi connectivity index (χ1n) is 6.53. The molecular formula is C15H20N4. The summed E-state index contributed by atoms with van der Waals surface area (Å²) in [5, 5.41) is 6.55. The summed E-state index contributed by atoms with van der Waals surface area (Å²) in [4.78, 5) is 8.85. The van der Waals surface area contributed by atoms with Crippen LogP contribution in [0.3, 0.4) is 0 Å². The molecule has 0 aliphatic rings. The first kappa shape index (κ1) is 13.3. The average molecular weight is 256 g/mol. The van der Waals surface area contributed by atoms with Crippen LogP contribution >= 0.6 is 0 Å². The SMILES string of the molecule is Cc1cc(NC(C)C)nc(NCc2ccccc2)n1. The van der Waals surface area contributed by atoms with Crippen molar-refractivity contribution in [2.24, 2.45) is 0 Å². The fourth-order valence-electron chi connectivity index (χ4n) is 1.79. The molecule has 0 aliphatic heterocycles. The van der Waals surface area contributed by atoms with Gasteiger partial charge in [-0.2, -0.15) is 4.98 Å². The Labute approximate surface area is 114 Å². The lowest BCUT2D eigenvalue weighted by Gasteiger charge is -2.12. The predicted octanol–water partition coefficient (Wildman–Crippen LogP) is 3.22. The smallest absolute Gasteiger partial charge is 0.225 e. The summed E-state index contributed by atoms with van der Waals surface area (Å²) in [7, 11) is 0. The van der Waals surface area contributed by atoms with Gasteiger partial charge in [-0.15, -0.1) is 0 Å². The zero-order chi connectivity index (χ0) is 13.7. The van der Waals surface area contributed by atoms with Gasteiger partial charge in [0, 0.05) is 24.3 Å². The first-order valence-corrected chi connectivity index (χ1v) is 6.53. The van der Waals surface area contributed by atoms with Crippen LogP contribution in [0, 0.1) is 6.92 Å². The van der Waals surface area contributed by atoms with Gasteiger partial charge in [-0.05, 0) is 26.3 Å². The van der Waals surface area contributed by atoms with Crippen molar-refractivity contribution in [3.8, 4) is 0 Å². The number of hydrogen-bond donors (Lipinski definition) is 2. The lowest BCUT2D eigenvalue weighted by Crippen LogP contribution is -2.13. The van der Waals surface area contributed by atoms with Crippen molar-refractivity contribution in [2.45, 2.75) is 33.4 Å². The van der Waals surface area contributed by atoms with Crippen LogP contribution in [0.25, 0.3) is 0 Å². The number of aryl methyl sites for hydroxylation is 1. The maximum Gasteiger partial charge on any atom is 0.225 e. The second-order valence-corrected chi connectivity index (χ2v) is 4.86. The second-order valence-electron chi connectivity index (χ2n) is 4.86. The van der Waals surface area contributed by atoms with E-state index in [-0.39, 0.29) is 0 Å². The molecule has 1 aromatic carbocycles. The quantitative estimate of drug-likeness (QED) is 0.862. The molecule has 0 unspecified atom stereocenters. The zero-order valence-electron chi connectivity index (χ0n) is 11.6. The first-order chi connectivity index (χ1) is 9.13. The highest BCUT2D eigenvalue weighted by molar-refractivity contribution is 5.42. The highest BCUT2D eigenvalue weighted by Crippen LogP contribution is 2.11. The summed E-state index contributed by atoms with van der Waals surface area (Å²) in [5.41, 5.74) is 2.17. The number of benzene rings is 1. The number of nitrogens with zero attached hydrogens (tertiary/aromatic N) is 2. The topological polar surface area (TPSA) is 49.8 Å². The Morgan fingerprint density at radius 2 is 1.84 bits per heavy atom. The third kappa shape index (κ3) is 4.25. The van der Waals surface area contributed by atoms with Crippen molar-refractivity contribution in [3.63, 3.8) is 0 Å². The monoisotopic (exact) mass is 256 g/mol. The Kier molecular flexibility index (Phi) is 4.34. The highest BCUT2D eigenvalue weighted by atomic mass is 15.1. The normalized spacial score (nSPS) is 10.5. The summed E-state index contributed by atoms with van der Waals surface area (Å²) in [5.74, 6) is 1.52. The van der Waals surface area contributed by atoms with Crippen LogP contribution < -0.4 is 10.6 Å². The number of nitrogens with one attached hydrogen (secondary N) is 2. The molecule has 0 fully saturated rings. The number of hydrogen-bond acceptors (Lipinski definition) is 4. The summed E-state index contributed by atoms with van der Waals surface area (Å²) in [6.07, 6.45) is 0. The molecule has 0 spiro atoms. The Balaban J connectivity index is 2.05. The van der Waals surface area contributed by atoms with Gasteiger partial charge in [-0.3, -0.25) is 0 Å². The molecule has 19 heavy (non-hydrogen) atoms. The fraction of sp³-hybridized carbons (Fsp3) is 0.333. The zero-order valence-corrected chi connectivity index (χ0v) is 11.6. The Hall–Kier alpha value is -2.10. The second kappa shape index (κ2) is 6.18. The van der Waals surface area contributed by atoms with Crippen molar-refractivity contribution in [2.75, 3.05) is 10.6 Å². The largest absolute Gasteiger partial charge is 0.368 e. The molecule has 2 N–H and O–H groups in total. The van der Waals surface area contributed by atoms with Gasteiger partial charge in [0.1, 0.15) is 5.82 Å². The standard InChI is InChI=1S/C15H20N4/c1-11(2)17-14-9-12(3)18-15(19-14)16-10-13-7-5-4-6-8-13/h4-9,11H,10H2,1-3H3,(H2,16,17,18,19). The van der Waals surface area contributed by atoms with E-state index in [1.165, 1.54) is 5.56 Å². The third-order valence-electron chi connectivity index (χ3n) is 2.58. The molecule has 2 rings (SSSR count). The Morgan fingerprint density at radius 3 is 2.53 bits per heavy atom. The summed E-state index contributed by atoms with van der Waals surface area (Å²) < 4.78 is 0. The van der Waals surface area contributed by atoms with Crippen LogP contribution in [0.5, 0.6) is 0 Å². The van der Waals surface area contributed by atoms with Gasteiger partial charge in [0.25, 0.3) is 0 Å². The van der Waals surface area contributed by atoms with Crippen molar-refractivity contribution in [1.29, 1.82) is 0 Å². The summed E-state index contributed by atoms with van der Waals surface area (Å²) >= 11 is 0. The molecule has 0 saturated carbocycles. The molecule has 1 heterocycles. The molecule has 0 radical (unpaired) electrons. The molecule has 0 saturated heterocycles. The summed E-state index contributed by atoms with van der Waals surface area (Å²) in [6.45, 7) is 6.88. The van der Waals surface area contributed by atoms with Gasteiger partial charge in [0.2, 0.25) is 5.95 Å². The molecule has 2 aromatic rings. The van der Waals surface area contributed by atoms with E-state index in [2.05, 4.69) is 46.6 Å². The third-order valence-corrected chi connectivity index (χ3v) is 2.58. The van der Waals surface area contributed by atoms with Crippen LogP contribution in [0.15, 0.2) is 36.4 Å². The number of aromatic nitrogens is 2. The Morgan fingerprint density at radius 1 is 1.11 bits per heavy atom. The van der Waals surface area contributed by atoms with Gasteiger partial charge in [0.15, 0.2) is 0 Å². The van der Waals surface area contributed by atoms with Gasteiger partial charge < -0.3 is 10.6 Å². The predicted molar refractivity (Wildman–Crippen MR) is 79.3 cm³/mol. The van der Waals surface area contributed by atoms with E-state index >= 15 is 0 Å². The molecule has 0 bridgehead atoms. The van der Waals surface area contributed by atoms with Gasteiger partial charge in [0.05, 0.1) is 0 Å². The van der Waals surface area contributed by atoms with E-state index < -0.39 is 0 Å². The van der Waals surface area contributed by atoms with Crippen LogP contribution in [0.1, 0.15) is 25.1 Å². The van der Waals surface area contributed by atoms with Crippen molar-refractivity contribution in [3.05, 3.63) is 47.7 Å². The Bertz CT molecular complexity index is 523. The van der Waals surface area contributed by atoms with Crippen LogP contribution in [0.2, 0.25) is 0 Å². The van der Waals surface area contributed by atoms with E-state index in [1.54, 1.807) is 0 Å². The summed E-state index contributed by atoms with van der Waals surface area (Å²) in [6, 6.07) is 12.5. The van der Waals surface area contributed by atoms with Gasteiger partial charge in [-0.1, -0.05) is 30.3 Å². The van der Waals surface area contributed by atoms with Crippen molar-refractivity contribution in [1.82, 2.24) is 9.97 Å². The van der Waals surface area contributed by atoms with Crippen LogP contribution in [0.4, 0.5) is 11.8 Å². The molecule has 0 atom stereocenters. The molecule has 4 heteroatoms. The minimum absolute atomic E-state index is 0.358. The van der Waals surface area contributed by atoms with Crippen molar-refractivity contribution < 1.29 is 0 Å². The van der Waals surface area contributed by atoms with Crippen LogP contribution in [-0.4, -0.2) is 16.0 Å². The molecule has 0 amide bonds. The molecule has 4 nitrogen and oxygen atoms in total. The minimum Gasteiger partial charge on any atom is -0.368 e. The van der Waals surface area contributed by atoms with E-state index in [0.29, 0.717) is 12.0 Å². The van der Waals surface area contributed by atoms with Crippen LogP contribution in [-0.2, 0) is 6.54 Å². The van der Waals surface area contributed by atoms with Gasteiger partial charge >= 0.3 is 0 Å². The van der Waals surface area contributed by atoms with Gasteiger partial charge in [-0.25, -0.2) is 4.98 Å². The van der Waals surface area contributed by atoms with E-state index in [4.69, 9.17) is 0 Å². The maximum atomic E-state index is 4.46. The number of rotatable bonds is 5. The van der Waals surface area contributed by atoms with E-state index in [0.717, 1.165) is 18.1 Å². The van der Waals surface area contributed by atoms with E-state index in [9.17, 15) is 0 Å². The minimum atomic E-state index is 0.358. The highest BCUT2D eigenvalue weighted by Gasteiger charge is 2.03. The molecule has 100 valence electrons. The average Bonchev–Trinajstić information content (AvgIpc) is 2.36. The lowest BCUT2D eigenvalue weighted by atomic mass is 10.2.